The molecule has 162 valence electrons. The molecule has 0 aliphatic carbocycles. The van der Waals surface area contributed by atoms with Crippen LogP contribution in [0.25, 0.3) is 0 Å². The Morgan fingerprint density at radius 1 is 1.23 bits per heavy atom. The van der Waals surface area contributed by atoms with Gasteiger partial charge in [-0.3, -0.25) is 9.79 Å². The zero-order chi connectivity index (χ0) is 20.8. The van der Waals surface area contributed by atoms with Gasteiger partial charge in [0.15, 0.2) is 5.96 Å². The summed E-state index contributed by atoms with van der Waals surface area (Å²) in [5.74, 6) is 0.448. The molecule has 0 saturated carbocycles. The van der Waals surface area contributed by atoms with Gasteiger partial charge in [0.2, 0.25) is 5.91 Å². The largest absolute Gasteiger partial charge is 0.434 e. The highest BCUT2D eigenvalue weighted by Gasteiger charge is 2.23. The second-order valence-electron chi connectivity index (χ2n) is 6.69. The Labute approximate surface area is 191 Å². The number of para-hydroxylation sites is 1. The van der Waals surface area contributed by atoms with E-state index in [1.165, 1.54) is 6.07 Å². The number of nitrogens with one attached hydrogen (secondary N) is 2. The number of benzene rings is 2. The van der Waals surface area contributed by atoms with Crippen LogP contribution in [0.1, 0.15) is 16.7 Å². The topological polar surface area (TPSA) is 66.0 Å². The molecule has 30 heavy (non-hydrogen) atoms. The average molecular weight is 530 g/mol. The van der Waals surface area contributed by atoms with Gasteiger partial charge in [0.25, 0.3) is 0 Å². The van der Waals surface area contributed by atoms with Gasteiger partial charge in [-0.25, -0.2) is 0 Å². The van der Waals surface area contributed by atoms with Gasteiger partial charge in [0, 0.05) is 31.4 Å². The predicted octanol–water partition coefficient (Wildman–Crippen LogP) is 3.47. The minimum Gasteiger partial charge on any atom is -0.434 e. The smallest absolute Gasteiger partial charge is 0.387 e. The lowest BCUT2D eigenvalue weighted by Crippen LogP contribution is -2.44. The third-order valence-corrected chi connectivity index (χ3v) is 4.70. The highest BCUT2D eigenvalue weighted by atomic mass is 127. The molecule has 1 amide bonds. The highest BCUT2D eigenvalue weighted by molar-refractivity contribution is 14.0. The van der Waals surface area contributed by atoms with E-state index >= 15 is 0 Å². The van der Waals surface area contributed by atoms with E-state index < -0.39 is 6.61 Å². The Hall–Kier alpha value is -2.43. The van der Waals surface area contributed by atoms with E-state index in [0.29, 0.717) is 18.1 Å². The molecule has 1 heterocycles. The van der Waals surface area contributed by atoms with Crippen molar-refractivity contribution in [2.75, 3.05) is 25.0 Å². The van der Waals surface area contributed by atoms with Crippen molar-refractivity contribution in [1.29, 1.82) is 0 Å². The Balaban J connectivity index is 0.00000320. The number of halogens is 3. The summed E-state index contributed by atoms with van der Waals surface area (Å²) in [5.41, 5.74) is 3.60. The van der Waals surface area contributed by atoms with Crippen molar-refractivity contribution in [2.24, 2.45) is 4.99 Å². The van der Waals surface area contributed by atoms with Gasteiger partial charge in [-0.1, -0.05) is 35.9 Å². The minimum atomic E-state index is -2.89. The van der Waals surface area contributed by atoms with Crippen molar-refractivity contribution in [1.82, 2.24) is 10.6 Å². The Morgan fingerprint density at radius 2 is 2.00 bits per heavy atom. The number of hydrogen-bond acceptors (Lipinski definition) is 3. The second kappa shape index (κ2) is 11.1. The lowest BCUT2D eigenvalue weighted by Gasteiger charge is -2.19. The summed E-state index contributed by atoms with van der Waals surface area (Å²) in [6, 6.07) is 12.8. The van der Waals surface area contributed by atoms with Gasteiger partial charge in [0.1, 0.15) is 5.75 Å². The number of nitrogens with zero attached hydrogens (tertiary/aromatic N) is 2. The molecule has 0 unspecified atom stereocenters. The van der Waals surface area contributed by atoms with Gasteiger partial charge in [-0.05, 0) is 31.0 Å². The summed E-state index contributed by atoms with van der Waals surface area (Å²) >= 11 is 0. The number of ether oxygens (including phenoxy) is 1. The number of rotatable bonds is 6. The summed E-state index contributed by atoms with van der Waals surface area (Å²) in [6.45, 7) is -0.0691. The van der Waals surface area contributed by atoms with Crippen molar-refractivity contribution in [3.05, 3.63) is 59.2 Å². The molecule has 6 nitrogen and oxygen atoms in total. The number of carbonyl (C=O) groups is 1. The first kappa shape index (κ1) is 23.8. The van der Waals surface area contributed by atoms with Crippen LogP contribution in [0.4, 0.5) is 14.5 Å². The molecule has 2 aromatic rings. The second-order valence-corrected chi connectivity index (χ2v) is 6.69. The number of fused-ring (bicyclic) bond motifs is 1. The van der Waals surface area contributed by atoms with Crippen LogP contribution in [0.5, 0.6) is 5.75 Å². The molecule has 0 aromatic heterocycles. The number of guanidine groups is 1. The lowest BCUT2D eigenvalue weighted by molar-refractivity contribution is -0.117. The number of anilines is 1. The van der Waals surface area contributed by atoms with Crippen LogP contribution in [-0.2, 0) is 17.8 Å². The number of alkyl halides is 2. The first-order valence-corrected chi connectivity index (χ1v) is 9.35. The Morgan fingerprint density at radius 3 is 2.73 bits per heavy atom. The van der Waals surface area contributed by atoms with E-state index in [4.69, 9.17) is 0 Å². The SMILES string of the molecule is CN=C(NCC(=O)N1CCc2ccccc21)NCc1cc(C)ccc1OC(F)F.I. The predicted molar refractivity (Wildman–Crippen MR) is 124 cm³/mol. The molecule has 2 aromatic carbocycles. The van der Waals surface area contributed by atoms with Crippen LogP contribution in [0.2, 0.25) is 0 Å². The molecule has 1 aliphatic heterocycles. The number of aliphatic imine (C=N–C) groups is 1. The van der Waals surface area contributed by atoms with E-state index in [-0.39, 0.29) is 48.7 Å². The average Bonchev–Trinajstić information content (AvgIpc) is 3.13. The molecule has 2 N–H and O–H groups in total. The summed E-state index contributed by atoms with van der Waals surface area (Å²) in [7, 11) is 1.58. The van der Waals surface area contributed by atoms with Crippen LogP contribution in [0, 0.1) is 6.92 Å². The molecule has 1 aliphatic rings. The molecule has 0 saturated heterocycles. The third-order valence-electron chi connectivity index (χ3n) is 4.70. The zero-order valence-electron chi connectivity index (χ0n) is 16.8. The van der Waals surface area contributed by atoms with Gasteiger partial charge in [-0.2, -0.15) is 8.78 Å². The van der Waals surface area contributed by atoms with E-state index in [0.717, 1.165) is 23.2 Å². The zero-order valence-corrected chi connectivity index (χ0v) is 19.2. The van der Waals surface area contributed by atoms with Gasteiger partial charge < -0.3 is 20.3 Å². The standard InChI is InChI=1S/C21H24F2N4O2.HI/c1-14-7-8-18(29-20(22)23)16(11-14)12-25-21(24-2)26-13-19(28)27-10-9-15-5-3-4-6-17(15)27;/h3-8,11,20H,9-10,12-13H2,1-2H3,(H2,24,25,26);1H. The minimum absolute atomic E-state index is 0. The number of hydrogen-bond donors (Lipinski definition) is 2. The first-order chi connectivity index (χ1) is 14.0. The van der Waals surface area contributed by atoms with Gasteiger partial charge in [-0.15, -0.1) is 24.0 Å². The van der Waals surface area contributed by atoms with Crippen LogP contribution in [0.15, 0.2) is 47.5 Å². The molecule has 0 fully saturated rings. The van der Waals surface area contributed by atoms with Crippen molar-refractivity contribution in [2.45, 2.75) is 26.5 Å². The first-order valence-electron chi connectivity index (χ1n) is 9.35. The fourth-order valence-electron chi connectivity index (χ4n) is 3.31. The molecule has 0 bridgehead atoms. The summed E-state index contributed by atoms with van der Waals surface area (Å²) in [5, 5.41) is 6.02. The molecular weight excluding hydrogens is 505 g/mol. The van der Waals surface area contributed by atoms with E-state index in [9.17, 15) is 13.6 Å². The quantitative estimate of drug-likeness (QED) is 0.341. The molecule has 0 spiro atoms. The molecule has 9 heteroatoms. The van der Waals surface area contributed by atoms with E-state index in [1.807, 2.05) is 31.2 Å². The maximum absolute atomic E-state index is 12.6. The Kier molecular flexibility index (Phi) is 8.82. The van der Waals surface area contributed by atoms with E-state index in [1.54, 1.807) is 24.1 Å². The molecule has 0 radical (unpaired) electrons. The van der Waals surface area contributed by atoms with Gasteiger partial charge >= 0.3 is 6.61 Å². The lowest BCUT2D eigenvalue weighted by atomic mass is 10.1. The van der Waals surface area contributed by atoms with Gasteiger partial charge in [0.05, 0.1) is 6.54 Å². The van der Waals surface area contributed by atoms with Crippen LogP contribution < -0.4 is 20.3 Å². The maximum Gasteiger partial charge on any atom is 0.387 e. The number of aryl methyl sites for hydroxylation is 1. The fraction of sp³-hybridized carbons (Fsp3) is 0.333. The number of amides is 1. The van der Waals surface area contributed by atoms with Crippen molar-refractivity contribution in [3.8, 4) is 5.75 Å². The summed E-state index contributed by atoms with van der Waals surface area (Å²) in [4.78, 5) is 18.4. The maximum atomic E-state index is 12.6. The van der Waals surface area contributed by atoms with Crippen LogP contribution in [0.3, 0.4) is 0 Å². The normalized spacial score (nSPS) is 13.0. The van der Waals surface area contributed by atoms with Crippen molar-refractivity contribution < 1.29 is 18.3 Å². The third kappa shape index (κ3) is 6.04. The summed E-state index contributed by atoms with van der Waals surface area (Å²) in [6.07, 6.45) is 0.842. The van der Waals surface area contributed by atoms with E-state index in [2.05, 4.69) is 20.4 Å². The Bertz CT molecular complexity index is 908. The molecule has 0 atom stereocenters. The van der Waals surface area contributed by atoms with Crippen LogP contribution in [-0.4, -0.2) is 38.6 Å². The monoisotopic (exact) mass is 530 g/mol. The fourth-order valence-corrected chi connectivity index (χ4v) is 3.31. The van der Waals surface area contributed by atoms with Crippen molar-refractivity contribution in [3.63, 3.8) is 0 Å². The van der Waals surface area contributed by atoms with Crippen molar-refractivity contribution >= 4 is 41.5 Å². The molecular formula is C21H25F2IN4O2. The van der Waals surface area contributed by atoms with Crippen LogP contribution >= 0.6 is 24.0 Å². The highest BCUT2D eigenvalue weighted by Crippen LogP contribution is 2.27. The summed E-state index contributed by atoms with van der Waals surface area (Å²) < 4.78 is 29.8. The number of carbonyl (C=O) groups excluding carboxylic acids is 1. The molecule has 3 rings (SSSR count).